The van der Waals surface area contributed by atoms with Gasteiger partial charge in [0.1, 0.15) is 0 Å². The molecule has 0 fully saturated rings. The third-order valence-corrected chi connectivity index (χ3v) is 1.74. The van der Waals surface area contributed by atoms with Gasteiger partial charge in [0.25, 0.3) is 0 Å². The van der Waals surface area contributed by atoms with E-state index in [1.165, 1.54) is 0 Å². The summed E-state index contributed by atoms with van der Waals surface area (Å²) in [5.41, 5.74) is 1.73. The molecule has 0 aromatic carbocycles. The summed E-state index contributed by atoms with van der Waals surface area (Å²) in [5.74, 6) is 0. The molecule has 0 spiro atoms. The fourth-order valence-electron chi connectivity index (χ4n) is 1.03. The second-order valence-corrected chi connectivity index (χ2v) is 2.53. The van der Waals surface area contributed by atoms with Crippen LogP contribution in [0.4, 0.5) is 5.69 Å². The van der Waals surface area contributed by atoms with Crippen LogP contribution in [0.5, 0.6) is 0 Å². The van der Waals surface area contributed by atoms with Crippen molar-refractivity contribution >= 4 is 5.69 Å². The van der Waals surface area contributed by atoms with Crippen molar-refractivity contribution in [3.63, 3.8) is 0 Å². The van der Waals surface area contributed by atoms with Crippen LogP contribution in [0.1, 0.15) is 12.0 Å². The van der Waals surface area contributed by atoms with Crippen molar-refractivity contribution in [2.45, 2.75) is 6.29 Å². The van der Waals surface area contributed by atoms with E-state index in [1.807, 2.05) is 19.2 Å². The SMILES string of the molecule is CNc1ccc(C(OC)OC)nc1. The molecule has 4 heteroatoms. The molecule has 0 saturated carbocycles. The first-order valence-electron chi connectivity index (χ1n) is 4.01. The smallest absolute Gasteiger partial charge is 0.200 e. The molecule has 0 aliphatic carbocycles. The Balaban J connectivity index is 2.78. The van der Waals surface area contributed by atoms with Gasteiger partial charge in [0.2, 0.25) is 6.29 Å². The first-order valence-corrected chi connectivity index (χ1v) is 4.01. The quantitative estimate of drug-likeness (QED) is 0.715. The second-order valence-electron chi connectivity index (χ2n) is 2.53. The molecular weight excluding hydrogens is 168 g/mol. The normalized spacial score (nSPS) is 10.5. The summed E-state index contributed by atoms with van der Waals surface area (Å²) < 4.78 is 10.1. The van der Waals surface area contributed by atoms with Crippen molar-refractivity contribution < 1.29 is 9.47 Å². The standard InChI is InChI=1S/C9H14N2O2/c1-10-7-4-5-8(11-6-7)9(12-2)13-3/h4-6,9-10H,1-3H3. The van der Waals surface area contributed by atoms with Crippen LogP contribution in [0.2, 0.25) is 0 Å². The van der Waals surface area contributed by atoms with Crippen LogP contribution >= 0.6 is 0 Å². The highest BCUT2D eigenvalue weighted by atomic mass is 16.7. The lowest BCUT2D eigenvalue weighted by Crippen LogP contribution is -2.05. The number of methoxy groups -OCH3 is 2. The number of pyridine rings is 1. The topological polar surface area (TPSA) is 43.4 Å². The number of hydrogen-bond donors (Lipinski definition) is 1. The molecule has 13 heavy (non-hydrogen) atoms. The molecule has 0 amide bonds. The fraction of sp³-hybridized carbons (Fsp3) is 0.444. The molecule has 0 atom stereocenters. The zero-order chi connectivity index (χ0) is 9.68. The van der Waals surface area contributed by atoms with Crippen molar-refractivity contribution in [2.75, 3.05) is 26.6 Å². The van der Waals surface area contributed by atoms with Gasteiger partial charge in [-0.3, -0.25) is 4.98 Å². The highest BCUT2D eigenvalue weighted by Gasteiger charge is 2.09. The van der Waals surface area contributed by atoms with Crippen molar-refractivity contribution in [3.8, 4) is 0 Å². The van der Waals surface area contributed by atoms with Crippen LogP contribution in [0, 0.1) is 0 Å². The summed E-state index contributed by atoms with van der Waals surface area (Å²) in [6.45, 7) is 0. The number of rotatable bonds is 4. The van der Waals surface area contributed by atoms with Gasteiger partial charge in [-0.05, 0) is 12.1 Å². The van der Waals surface area contributed by atoms with Crippen LogP contribution in [0.3, 0.4) is 0 Å². The average Bonchev–Trinajstić information content (AvgIpc) is 2.21. The molecule has 1 N–H and O–H groups in total. The molecule has 1 aromatic heterocycles. The average molecular weight is 182 g/mol. The van der Waals surface area contributed by atoms with E-state index < -0.39 is 0 Å². The zero-order valence-electron chi connectivity index (χ0n) is 8.07. The first kappa shape index (κ1) is 9.95. The van der Waals surface area contributed by atoms with E-state index in [1.54, 1.807) is 20.4 Å². The molecule has 1 rings (SSSR count). The number of nitrogens with zero attached hydrogens (tertiary/aromatic N) is 1. The maximum Gasteiger partial charge on any atom is 0.200 e. The predicted octanol–water partition coefficient (Wildman–Crippen LogP) is 1.41. The fourth-order valence-corrected chi connectivity index (χ4v) is 1.03. The van der Waals surface area contributed by atoms with Crippen LogP contribution < -0.4 is 5.32 Å². The lowest BCUT2D eigenvalue weighted by molar-refractivity contribution is -0.108. The molecule has 72 valence electrons. The summed E-state index contributed by atoms with van der Waals surface area (Å²) in [5, 5.41) is 2.98. The van der Waals surface area contributed by atoms with Crippen LogP contribution in [0.25, 0.3) is 0 Å². The molecule has 0 aliphatic rings. The summed E-state index contributed by atoms with van der Waals surface area (Å²) in [6, 6.07) is 3.79. The Morgan fingerprint density at radius 1 is 1.31 bits per heavy atom. The summed E-state index contributed by atoms with van der Waals surface area (Å²) in [7, 11) is 5.02. The Kier molecular flexibility index (Phi) is 3.67. The number of nitrogens with one attached hydrogen (secondary N) is 1. The maximum atomic E-state index is 5.05. The summed E-state index contributed by atoms with van der Waals surface area (Å²) in [6.07, 6.45) is 1.35. The van der Waals surface area contributed by atoms with Gasteiger partial charge in [0.05, 0.1) is 17.6 Å². The van der Waals surface area contributed by atoms with E-state index in [2.05, 4.69) is 10.3 Å². The van der Waals surface area contributed by atoms with Gasteiger partial charge in [0, 0.05) is 21.3 Å². The van der Waals surface area contributed by atoms with Gasteiger partial charge < -0.3 is 14.8 Å². The molecule has 0 aliphatic heterocycles. The Labute approximate surface area is 77.9 Å². The lowest BCUT2D eigenvalue weighted by Gasteiger charge is -2.12. The number of anilines is 1. The molecule has 0 unspecified atom stereocenters. The minimum absolute atomic E-state index is 0.383. The van der Waals surface area contributed by atoms with Crippen LogP contribution in [-0.4, -0.2) is 26.3 Å². The van der Waals surface area contributed by atoms with Crippen molar-refractivity contribution in [2.24, 2.45) is 0 Å². The molecule has 1 heterocycles. The number of hydrogen-bond acceptors (Lipinski definition) is 4. The van der Waals surface area contributed by atoms with Gasteiger partial charge in [-0.1, -0.05) is 0 Å². The zero-order valence-corrected chi connectivity index (χ0v) is 8.07. The number of ether oxygens (including phenoxy) is 2. The maximum absolute atomic E-state index is 5.05. The second kappa shape index (κ2) is 4.79. The van der Waals surface area contributed by atoms with Crippen molar-refractivity contribution in [1.29, 1.82) is 0 Å². The van der Waals surface area contributed by atoms with Gasteiger partial charge in [-0.25, -0.2) is 0 Å². The van der Waals surface area contributed by atoms with Gasteiger partial charge in [-0.2, -0.15) is 0 Å². The molecule has 0 saturated heterocycles. The van der Waals surface area contributed by atoms with Gasteiger partial charge >= 0.3 is 0 Å². The summed E-state index contributed by atoms with van der Waals surface area (Å²) in [4.78, 5) is 4.18. The first-order chi connectivity index (χ1) is 6.31. The minimum atomic E-state index is -0.383. The van der Waals surface area contributed by atoms with Gasteiger partial charge in [-0.15, -0.1) is 0 Å². The Hall–Kier alpha value is -1.13. The molecule has 0 radical (unpaired) electrons. The van der Waals surface area contributed by atoms with E-state index in [4.69, 9.17) is 9.47 Å². The highest BCUT2D eigenvalue weighted by molar-refractivity contribution is 5.40. The third-order valence-electron chi connectivity index (χ3n) is 1.74. The Morgan fingerprint density at radius 2 is 2.00 bits per heavy atom. The monoisotopic (exact) mass is 182 g/mol. The Bertz CT molecular complexity index is 244. The molecule has 0 bridgehead atoms. The molecule has 4 nitrogen and oxygen atoms in total. The number of aromatic nitrogens is 1. The summed E-state index contributed by atoms with van der Waals surface area (Å²) >= 11 is 0. The van der Waals surface area contributed by atoms with E-state index in [0.717, 1.165) is 11.4 Å². The van der Waals surface area contributed by atoms with Crippen molar-refractivity contribution in [3.05, 3.63) is 24.0 Å². The van der Waals surface area contributed by atoms with E-state index in [-0.39, 0.29) is 6.29 Å². The lowest BCUT2D eigenvalue weighted by atomic mass is 10.3. The minimum Gasteiger partial charge on any atom is -0.387 e. The van der Waals surface area contributed by atoms with Crippen molar-refractivity contribution in [1.82, 2.24) is 4.98 Å². The van der Waals surface area contributed by atoms with Crippen LogP contribution in [0.15, 0.2) is 18.3 Å². The van der Waals surface area contributed by atoms with E-state index >= 15 is 0 Å². The predicted molar refractivity (Wildman–Crippen MR) is 50.5 cm³/mol. The van der Waals surface area contributed by atoms with E-state index in [0.29, 0.717) is 0 Å². The highest BCUT2D eigenvalue weighted by Crippen LogP contribution is 2.15. The molecular formula is C9H14N2O2. The largest absolute Gasteiger partial charge is 0.387 e. The Morgan fingerprint density at radius 3 is 2.38 bits per heavy atom. The third kappa shape index (κ3) is 2.40. The van der Waals surface area contributed by atoms with Gasteiger partial charge in [0.15, 0.2) is 0 Å². The van der Waals surface area contributed by atoms with E-state index in [9.17, 15) is 0 Å². The van der Waals surface area contributed by atoms with Crippen LogP contribution in [-0.2, 0) is 9.47 Å². The molecule has 1 aromatic rings.